The minimum absolute atomic E-state index is 0.347. The van der Waals surface area contributed by atoms with E-state index in [4.69, 9.17) is 14.6 Å². The van der Waals surface area contributed by atoms with Gasteiger partial charge in [-0.1, -0.05) is 19.3 Å². The molecule has 0 bridgehead atoms. The van der Waals surface area contributed by atoms with Crippen molar-refractivity contribution in [1.82, 2.24) is 20.2 Å². The zero-order chi connectivity index (χ0) is 18.3. The van der Waals surface area contributed by atoms with Crippen molar-refractivity contribution < 1.29 is 9.57 Å². The second kappa shape index (κ2) is 6.80. The summed E-state index contributed by atoms with van der Waals surface area (Å²) in [6.45, 7) is 4.23. The molecule has 0 aromatic carbocycles. The smallest absolute Gasteiger partial charge is 0.159 e. The highest BCUT2D eigenvalue weighted by Gasteiger charge is 2.40. The predicted molar refractivity (Wildman–Crippen MR) is 104 cm³/mol. The largest absolute Gasteiger partial charge is 0.381 e. The summed E-state index contributed by atoms with van der Waals surface area (Å²) in [5.41, 5.74) is 6.86. The Kier molecular flexibility index (Phi) is 4.28. The Morgan fingerprint density at radius 2 is 2.19 bits per heavy atom. The van der Waals surface area contributed by atoms with Gasteiger partial charge < -0.3 is 10.1 Å². The Labute approximate surface area is 159 Å². The maximum Gasteiger partial charge on any atom is 0.159 e. The highest BCUT2D eigenvalue weighted by atomic mass is 16.7. The molecular weight excluding hydrogens is 342 g/mol. The number of hydrogen-bond donors (Lipinski definition) is 2. The van der Waals surface area contributed by atoms with Crippen LogP contribution in [0.25, 0.3) is 16.7 Å². The summed E-state index contributed by atoms with van der Waals surface area (Å²) < 4.78 is 7.50. The van der Waals surface area contributed by atoms with E-state index in [0.29, 0.717) is 12.6 Å². The topological polar surface area (TPSA) is 73.2 Å². The van der Waals surface area contributed by atoms with Crippen LogP contribution in [0.4, 0.5) is 5.69 Å². The molecule has 7 nitrogen and oxygen atoms in total. The van der Waals surface area contributed by atoms with E-state index in [1.54, 1.807) is 0 Å². The van der Waals surface area contributed by atoms with E-state index >= 15 is 0 Å². The van der Waals surface area contributed by atoms with E-state index in [1.807, 2.05) is 17.1 Å². The number of anilines is 1. The van der Waals surface area contributed by atoms with E-state index in [0.717, 1.165) is 47.6 Å². The molecule has 27 heavy (non-hydrogen) atoms. The number of fused-ring (bicyclic) bond motifs is 1. The highest BCUT2D eigenvalue weighted by molar-refractivity contribution is 5.95. The van der Waals surface area contributed by atoms with Gasteiger partial charge >= 0.3 is 0 Å². The third kappa shape index (κ3) is 2.99. The van der Waals surface area contributed by atoms with E-state index in [-0.39, 0.29) is 5.60 Å². The minimum Gasteiger partial charge on any atom is -0.381 e. The molecule has 1 spiro atoms. The van der Waals surface area contributed by atoms with Crippen LogP contribution in [-0.2, 0) is 16.1 Å². The predicted octanol–water partition coefficient (Wildman–Crippen LogP) is 3.23. The molecule has 2 aromatic heterocycles. The molecule has 1 saturated heterocycles. The normalized spacial score (nSPS) is 25.9. The lowest BCUT2D eigenvalue weighted by Gasteiger charge is -2.25. The van der Waals surface area contributed by atoms with Crippen LogP contribution in [0.1, 0.15) is 51.0 Å². The van der Waals surface area contributed by atoms with Crippen LogP contribution in [-0.4, -0.2) is 39.6 Å². The zero-order valence-corrected chi connectivity index (χ0v) is 15.8. The van der Waals surface area contributed by atoms with Crippen molar-refractivity contribution >= 4 is 22.4 Å². The van der Waals surface area contributed by atoms with Crippen LogP contribution in [0, 0.1) is 0 Å². The van der Waals surface area contributed by atoms with Gasteiger partial charge in [-0.2, -0.15) is 5.10 Å². The van der Waals surface area contributed by atoms with E-state index in [9.17, 15) is 0 Å². The Morgan fingerprint density at radius 3 is 2.96 bits per heavy atom. The molecule has 2 aromatic rings. The minimum atomic E-state index is -0.347. The van der Waals surface area contributed by atoms with E-state index in [2.05, 4.69) is 28.9 Å². The molecule has 7 heteroatoms. The summed E-state index contributed by atoms with van der Waals surface area (Å²) in [5, 5.41) is 9.43. The van der Waals surface area contributed by atoms with Gasteiger partial charge in [0, 0.05) is 37.4 Å². The number of aryl methyl sites for hydroxylation is 1. The summed E-state index contributed by atoms with van der Waals surface area (Å²) in [5.74, 6) is 0. The van der Waals surface area contributed by atoms with Crippen LogP contribution in [0.15, 0.2) is 18.5 Å². The molecule has 2 aliphatic heterocycles. The lowest BCUT2D eigenvalue weighted by Crippen LogP contribution is -2.29. The molecule has 1 aliphatic carbocycles. The summed E-state index contributed by atoms with van der Waals surface area (Å²) in [6, 6.07) is 0.500. The number of aromatic nitrogens is 3. The molecule has 1 saturated carbocycles. The third-order valence-corrected chi connectivity index (χ3v) is 6.00. The molecule has 2 N–H and O–H groups in total. The first-order valence-corrected chi connectivity index (χ1v) is 10.1. The van der Waals surface area contributed by atoms with Gasteiger partial charge in [-0.25, -0.2) is 9.67 Å². The zero-order valence-electron chi connectivity index (χ0n) is 15.8. The quantitative estimate of drug-likeness (QED) is 0.862. The summed E-state index contributed by atoms with van der Waals surface area (Å²) in [4.78, 5) is 10.6. The van der Waals surface area contributed by atoms with E-state index < -0.39 is 0 Å². The Hall–Kier alpha value is -2.12. The van der Waals surface area contributed by atoms with Gasteiger partial charge in [0.05, 0.1) is 29.6 Å². The molecule has 144 valence electrons. The van der Waals surface area contributed by atoms with Crippen molar-refractivity contribution in [3.63, 3.8) is 0 Å². The number of nitrogens with one attached hydrogen (secondary N) is 2. The third-order valence-electron chi connectivity index (χ3n) is 6.00. The monoisotopic (exact) mass is 369 g/mol. The lowest BCUT2D eigenvalue weighted by molar-refractivity contribution is -0.0373. The average Bonchev–Trinajstić information content (AvgIpc) is 3.44. The molecule has 5 rings (SSSR count). The number of nitrogens with zero attached hydrogens (tertiary/aromatic N) is 3. The van der Waals surface area contributed by atoms with Crippen molar-refractivity contribution in [2.75, 3.05) is 18.5 Å². The van der Waals surface area contributed by atoms with Crippen molar-refractivity contribution in [3.8, 4) is 0 Å². The highest BCUT2D eigenvalue weighted by Crippen LogP contribution is 2.38. The van der Waals surface area contributed by atoms with E-state index in [1.165, 1.54) is 32.1 Å². The molecule has 4 heterocycles. The summed E-state index contributed by atoms with van der Waals surface area (Å²) >= 11 is 0. The maximum absolute atomic E-state index is 5.91. The van der Waals surface area contributed by atoms with Crippen molar-refractivity contribution in [2.24, 2.45) is 0 Å². The van der Waals surface area contributed by atoms with Crippen molar-refractivity contribution in [1.29, 1.82) is 0 Å². The molecule has 1 unspecified atom stereocenters. The van der Waals surface area contributed by atoms with Crippen molar-refractivity contribution in [2.45, 2.75) is 63.6 Å². The second-order valence-corrected chi connectivity index (χ2v) is 7.85. The van der Waals surface area contributed by atoms with Crippen LogP contribution >= 0.6 is 0 Å². The van der Waals surface area contributed by atoms with Gasteiger partial charge in [-0.05, 0) is 25.8 Å². The maximum atomic E-state index is 5.91. The summed E-state index contributed by atoms with van der Waals surface area (Å²) in [7, 11) is 0. The molecule has 0 amide bonds. The molecule has 1 atom stereocenters. The number of rotatable bonds is 4. The molecule has 3 aliphatic rings. The lowest BCUT2D eigenvalue weighted by atomic mass is 9.94. The fourth-order valence-electron chi connectivity index (χ4n) is 4.44. The van der Waals surface area contributed by atoms with Gasteiger partial charge in [-0.15, -0.1) is 0 Å². The van der Waals surface area contributed by atoms with Gasteiger partial charge in [0.2, 0.25) is 0 Å². The van der Waals surface area contributed by atoms with Crippen LogP contribution < -0.4 is 10.8 Å². The SMILES string of the molecule is CCn1ncc2c(NC3CCCCC3)c(C3=CC4(CCOC4)ON3)cnc21. The van der Waals surface area contributed by atoms with Crippen molar-refractivity contribution in [3.05, 3.63) is 24.0 Å². The first kappa shape index (κ1) is 17.0. The Bertz CT molecular complexity index is 863. The standard InChI is InChI=1S/C20H27N5O2/c1-2-25-19-16(12-22-25)18(23-14-6-4-3-5-7-14)15(11-21-19)17-10-20(27-24-17)8-9-26-13-20/h10-12,14,24H,2-9,13H2,1H3,(H,21,23). The Morgan fingerprint density at radius 1 is 1.30 bits per heavy atom. The first-order chi connectivity index (χ1) is 13.3. The van der Waals surface area contributed by atoms with Gasteiger partial charge in [0.15, 0.2) is 5.65 Å². The fraction of sp³-hybridized carbons (Fsp3) is 0.600. The second-order valence-electron chi connectivity index (χ2n) is 7.85. The van der Waals surface area contributed by atoms with Gasteiger partial charge in [0.25, 0.3) is 0 Å². The average molecular weight is 369 g/mol. The van der Waals surface area contributed by atoms with Gasteiger partial charge in [-0.3, -0.25) is 10.3 Å². The molecular formula is C20H27N5O2. The van der Waals surface area contributed by atoms with Gasteiger partial charge in [0.1, 0.15) is 5.60 Å². The van der Waals surface area contributed by atoms with Crippen LogP contribution in [0.2, 0.25) is 0 Å². The molecule has 0 radical (unpaired) electrons. The van der Waals surface area contributed by atoms with Crippen LogP contribution in [0.5, 0.6) is 0 Å². The number of ether oxygens (including phenoxy) is 1. The molecule has 2 fully saturated rings. The Balaban J connectivity index is 1.57. The van der Waals surface area contributed by atoms with Crippen LogP contribution in [0.3, 0.4) is 0 Å². The number of pyridine rings is 1. The first-order valence-electron chi connectivity index (χ1n) is 10.1. The number of hydrogen-bond acceptors (Lipinski definition) is 6. The fourth-order valence-corrected chi connectivity index (χ4v) is 4.44. The summed E-state index contributed by atoms with van der Waals surface area (Å²) in [6.07, 6.45) is 13.3. The number of hydroxylamine groups is 1.